The van der Waals surface area contributed by atoms with E-state index in [1.54, 1.807) is 6.20 Å². The molecule has 0 aliphatic carbocycles. The fraction of sp³-hybridized carbons (Fsp3) is 0.273. The van der Waals surface area contributed by atoms with Crippen molar-refractivity contribution >= 4 is 23.0 Å². The normalized spacial score (nSPS) is 16.5. The summed E-state index contributed by atoms with van der Waals surface area (Å²) in [7, 11) is 4.30. The molecule has 0 amide bonds. The predicted octanol–water partition coefficient (Wildman–Crippen LogP) is 3.61. The highest BCUT2D eigenvalue weighted by atomic mass is 15.2. The second kappa shape index (κ2) is 7.86. The van der Waals surface area contributed by atoms with Crippen molar-refractivity contribution < 1.29 is 0 Å². The second-order valence-electron chi connectivity index (χ2n) is 7.41. The molecule has 1 aliphatic rings. The molecule has 0 saturated carbocycles. The molecule has 1 aromatic heterocycles. The van der Waals surface area contributed by atoms with E-state index in [9.17, 15) is 0 Å². The Bertz CT molecular complexity index is 921. The minimum atomic E-state index is 0.580. The van der Waals surface area contributed by atoms with Crippen molar-refractivity contribution in [2.75, 3.05) is 43.1 Å². The molecule has 0 radical (unpaired) electrons. The lowest BCUT2D eigenvalue weighted by atomic mass is 10.1. The minimum Gasteiger partial charge on any atom is -0.399 e. The Morgan fingerprint density at radius 1 is 1.04 bits per heavy atom. The zero-order chi connectivity index (χ0) is 19.5. The molecule has 1 unspecified atom stereocenters. The summed E-state index contributed by atoms with van der Waals surface area (Å²) in [6, 6.07) is 18.7. The summed E-state index contributed by atoms with van der Waals surface area (Å²) in [5.74, 6) is 0.580. The summed E-state index contributed by atoms with van der Waals surface area (Å²) in [6.45, 7) is 2.18. The van der Waals surface area contributed by atoms with E-state index in [1.807, 2.05) is 30.3 Å². The van der Waals surface area contributed by atoms with Gasteiger partial charge in [-0.25, -0.2) is 9.97 Å². The molecule has 1 fully saturated rings. The van der Waals surface area contributed by atoms with Gasteiger partial charge in [0.2, 0.25) is 5.95 Å². The third-order valence-corrected chi connectivity index (χ3v) is 5.24. The van der Waals surface area contributed by atoms with Crippen LogP contribution >= 0.6 is 0 Å². The smallest absolute Gasteiger partial charge is 0.227 e. The fourth-order valence-corrected chi connectivity index (χ4v) is 3.52. The molecule has 2 heterocycles. The van der Waals surface area contributed by atoms with Crippen LogP contribution in [-0.4, -0.2) is 48.1 Å². The van der Waals surface area contributed by atoms with E-state index in [0.29, 0.717) is 12.0 Å². The van der Waals surface area contributed by atoms with Crippen molar-refractivity contribution in [3.8, 4) is 11.3 Å². The van der Waals surface area contributed by atoms with E-state index >= 15 is 0 Å². The van der Waals surface area contributed by atoms with Crippen LogP contribution in [0.15, 0.2) is 60.8 Å². The molecule has 6 nitrogen and oxygen atoms in total. The van der Waals surface area contributed by atoms with Gasteiger partial charge < -0.3 is 20.9 Å². The van der Waals surface area contributed by atoms with E-state index < -0.39 is 0 Å². The first-order chi connectivity index (χ1) is 13.6. The first-order valence-electron chi connectivity index (χ1n) is 9.56. The Kier molecular flexibility index (Phi) is 5.12. The third kappa shape index (κ3) is 4.07. The summed E-state index contributed by atoms with van der Waals surface area (Å²) in [6.07, 6.45) is 2.97. The number of nitrogen functional groups attached to an aromatic ring is 1. The quantitative estimate of drug-likeness (QED) is 0.665. The topological polar surface area (TPSA) is 70.3 Å². The Balaban J connectivity index is 1.45. The summed E-state index contributed by atoms with van der Waals surface area (Å²) in [4.78, 5) is 13.7. The van der Waals surface area contributed by atoms with Gasteiger partial charge in [0.15, 0.2) is 0 Å². The Morgan fingerprint density at radius 2 is 1.79 bits per heavy atom. The van der Waals surface area contributed by atoms with Gasteiger partial charge in [-0.15, -0.1) is 0 Å². The first kappa shape index (κ1) is 18.3. The highest BCUT2D eigenvalue weighted by Crippen LogP contribution is 2.25. The average molecular weight is 374 g/mol. The van der Waals surface area contributed by atoms with Crippen LogP contribution in [0.1, 0.15) is 6.42 Å². The number of benzene rings is 2. The van der Waals surface area contributed by atoms with Crippen LogP contribution in [-0.2, 0) is 0 Å². The minimum absolute atomic E-state index is 0.580. The zero-order valence-electron chi connectivity index (χ0n) is 16.3. The molecular weight excluding hydrogens is 348 g/mol. The number of likely N-dealkylation sites (N-methyl/N-ethyl adjacent to an activating group) is 1. The largest absolute Gasteiger partial charge is 0.399 e. The Morgan fingerprint density at radius 3 is 2.46 bits per heavy atom. The molecule has 144 valence electrons. The van der Waals surface area contributed by atoms with Gasteiger partial charge >= 0.3 is 0 Å². The third-order valence-electron chi connectivity index (χ3n) is 5.24. The van der Waals surface area contributed by atoms with Crippen LogP contribution in [0.2, 0.25) is 0 Å². The molecule has 2 aromatic carbocycles. The van der Waals surface area contributed by atoms with Crippen molar-refractivity contribution in [1.82, 2.24) is 14.9 Å². The van der Waals surface area contributed by atoms with E-state index in [-0.39, 0.29) is 0 Å². The van der Waals surface area contributed by atoms with Gasteiger partial charge in [0, 0.05) is 48.0 Å². The van der Waals surface area contributed by atoms with Gasteiger partial charge in [0.25, 0.3) is 0 Å². The molecule has 0 spiro atoms. The molecule has 1 aliphatic heterocycles. The molecule has 28 heavy (non-hydrogen) atoms. The average Bonchev–Trinajstić information content (AvgIpc) is 3.20. The van der Waals surface area contributed by atoms with Crippen LogP contribution in [0.4, 0.5) is 23.0 Å². The van der Waals surface area contributed by atoms with Crippen molar-refractivity contribution in [3.05, 3.63) is 60.8 Å². The maximum absolute atomic E-state index is 5.77. The van der Waals surface area contributed by atoms with Crippen molar-refractivity contribution in [2.24, 2.45) is 0 Å². The van der Waals surface area contributed by atoms with E-state index in [1.165, 1.54) is 12.1 Å². The van der Waals surface area contributed by atoms with Gasteiger partial charge in [-0.3, -0.25) is 0 Å². The maximum Gasteiger partial charge on any atom is 0.227 e. The van der Waals surface area contributed by atoms with Crippen molar-refractivity contribution in [3.63, 3.8) is 0 Å². The second-order valence-corrected chi connectivity index (χ2v) is 7.41. The van der Waals surface area contributed by atoms with Crippen LogP contribution in [0.3, 0.4) is 0 Å². The summed E-state index contributed by atoms with van der Waals surface area (Å²) < 4.78 is 0. The zero-order valence-corrected chi connectivity index (χ0v) is 16.3. The number of aromatic nitrogens is 2. The lowest BCUT2D eigenvalue weighted by Gasteiger charge is -2.22. The molecule has 0 bridgehead atoms. The molecule has 1 atom stereocenters. The number of anilines is 4. The number of nitrogens with one attached hydrogen (secondary N) is 1. The number of nitrogens with two attached hydrogens (primary N) is 1. The summed E-state index contributed by atoms with van der Waals surface area (Å²) in [5.41, 5.74) is 10.6. The summed E-state index contributed by atoms with van der Waals surface area (Å²) >= 11 is 0. The molecule has 3 aromatic rings. The van der Waals surface area contributed by atoms with Crippen LogP contribution in [0, 0.1) is 0 Å². The van der Waals surface area contributed by atoms with E-state index in [0.717, 1.165) is 35.7 Å². The molecule has 4 rings (SSSR count). The first-order valence-corrected chi connectivity index (χ1v) is 9.56. The monoisotopic (exact) mass is 374 g/mol. The van der Waals surface area contributed by atoms with E-state index in [2.05, 4.69) is 63.4 Å². The van der Waals surface area contributed by atoms with Gasteiger partial charge in [0.05, 0.1) is 5.69 Å². The molecule has 1 saturated heterocycles. The molecule has 6 heteroatoms. The number of rotatable bonds is 5. The molecular formula is C22H26N6. The number of hydrogen-bond donors (Lipinski definition) is 2. The standard InChI is InChI=1S/C22H26N6/c1-27(2)20-12-14-28(15-20)19-9-7-18(8-10-19)25-22-24-13-11-21(26-22)16-3-5-17(23)6-4-16/h3-11,13,20H,12,14-15,23H2,1-2H3,(H,24,25,26). The SMILES string of the molecule is CN(C)C1CCN(c2ccc(Nc3nccc(-c4ccc(N)cc4)n3)cc2)C1. The van der Waals surface area contributed by atoms with Crippen molar-refractivity contribution in [2.45, 2.75) is 12.5 Å². The van der Waals surface area contributed by atoms with Gasteiger partial charge in [0.1, 0.15) is 0 Å². The maximum atomic E-state index is 5.77. The Hall–Kier alpha value is -3.12. The van der Waals surface area contributed by atoms with Crippen molar-refractivity contribution in [1.29, 1.82) is 0 Å². The number of hydrogen-bond acceptors (Lipinski definition) is 6. The van der Waals surface area contributed by atoms with Gasteiger partial charge in [-0.05, 0) is 63.0 Å². The number of nitrogens with zero attached hydrogens (tertiary/aromatic N) is 4. The van der Waals surface area contributed by atoms with Crippen LogP contribution in [0.25, 0.3) is 11.3 Å². The van der Waals surface area contributed by atoms with Gasteiger partial charge in [-0.1, -0.05) is 12.1 Å². The van der Waals surface area contributed by atoms with Gasteiger partial charge in [-0.2, -0.15) is 0 Å². The lowest BCUT2D eigenvalue weighted by Crippen LogP contribution is -2.31. The van der Waals surface area contributed by atoms with Crippen LogP contribution < -0.4 is 16.0 Å². The molecule has 3 N–H and O–H groups in total. The van der Waals surface area contributed by atoms with Crippen LogP contribution in [0.5, 0.6) is 0 Å². The highest BCUT2D eigenvalue weighted by molar-refractivity contribution is 5.65. The summed E-state index contributed by atoms with van der Waals surface area (Å²) in [5, 5.41) is 3.30. The lowest BCUT2D eigenvalue weighted by molar-refractivity contribution is 0.315. The predicted molar refractivity (Wildman–Crippen MR) is 116 cm³/mol. The van der Waals surface area contributed by atoms with E-state index in [4.69, 9.17) is 5.73 Å². The highest BCUT2D eigenvalue weighted by Gasteiger charge is 2.23. The fourth-order valence-electron chi connectivity index (χ4n) is 3.52. The Labute approximate surface area is 166 Å².